The van der Waals surface area contributed by atoms with Gasteiger partial charge in [0.25, 0.3) is 0 Å². The summed E-state index contributed by atoms with van der Waals surface area (Å²) >= 11 is 1.75. The van der Waals surface area contributed by atoms with Crippen molar-refractivity contribution in [1.29, 1.82) is 0 Å². The minimum atomic E-state index is 0.663. The molecule has 0 N–H and O–H groups in total. The fraction of sp³-hybridized carbons (Fsp3) is 0. The monoisotopic (exact) mass is 429 g/mol. The van der Waals surface area contributed by atoms with Gasteiger partial charge in [-0.3, -0.25) is 0 Å². The van der Waals surface area contributed by atoms with Gasteiger partial charge in [0.1, 0.15) is 6.26 Å². The molecule has 0 atom stereocenters. The second kappa shape index (κ2) is 7.95. The Kier molecular flexibility index (Phi) is 4.67. The molecule has 152 valence electrons. The molecule has 0 bridgehead atoms. The highest BCUT2D eigenvalue weighted by Gasteiger charge is 2.21. The first-order valence-corrected chi connectivity index (χ1v) is 11.4. The molecule has 2 nitrogen and oxygen atoms in total. The lowest BCUT2D eigenvalue weighted by Crippen LogP contribution is -1.89. The fourth-order valence-electron chi connectivity index (χ4n) is 4.28. The zero-order valence-corrected chi connectivity index (χ0v) is 18.0. The Morgan fingerprint density at radius 2 is 1.12 bits per heavy atom. The maximum atomic E-state index is 5.71. The van der Waals surface area contributed by atoms with Crippen LogP contribution < -0.4 is 0 Å². The Morgan fingerprint density at radius 3 is 1.69 bits per heavy atom. The van der Waals surface area contributed by atoms with E-state index < -0.39 is 0 Å². The van der Waals surface area contributed by atoms with Crippen molar-refractivity contribution in [2.45, 2.75) is 0 Å². The minimum Gasteiger partial charge on any atom is -0.444 e. The SMILES string of the molecule is c1ccc(-c2cccc(-c3ccccc3)c2-c2sc(-c3ncco3)c3ccccc23)cc1. The van der Waals surface area contributed by atoms with E-state index in [1.54, 1.807) is 23.8 Å². The van der Waals surface area contributed by atoms with E-state index in [4.69, 9.17) is 4.42 Å². The van der Waals surface area contributed by atoms with Gasteiger partial charge in [0.15, 0.2) is 0 Å². The van der Waals surface area contributed by atoms with Crippen LogP contribution >= 0.6 is 11.3 Å². The quantitative estimate of drug-likeness (QED) is 0.280. The van der Waals surface area contributed by atoms with Crippen LogP contribution in [0.5, 0.6) is 0 Å². The molecule has 32 heavy (non-hydrogen) atoms. The molecule has 6 aromatic rings. The van der Waals surface area contributed by atoms with Gasteiger partial charge in [-0.25, -0.2) is 4.98 Å². The first kappa shape index (κ1) is 18.8. The lowest BCUT2D eigenvalue weighted by atomic mass is 9.90. The Bertz CT molecular complexity index is 1440. The molecule has 6 rings (SSSR count). The third-order valence-electron chi connectivity index (χ3n) is 5.71. The van der Waals surface area contributed by atoms with Gasteiger partial charge in [0.2, 0.25) is 5.89 Å². The molecule has 0 aliphatic carbocycles. The zero-order valence-electron chi connectivity index (χ0n) is 17.2. The molecule has 0 amide bonds. The van der Waals surface area contributed by atoms with Crippen molar-refractivity contribution in [1.82, 2.24) is 4.98 Å². The highest BCUT2D eigenvalue weighted by Crippen LogP contribution is 2.49. The second-order valence-electron chi connectivity index (χ2n) is 7.60. The van der Waals surface area contributed by atoms with Gasteiger partial charge >= 0.3 is 0 Å². The van der Waals surface area contributed by atoms with Crippen LogP contribution in [0, 0.1) is 0 Å². The normalized spacial score (nSPS) is 11.1. The third-order valence-corrected chi connectivity index (χ3v) is 6.93. The van der Waals surface area contributed by atoms with E-state index in [-0.39, 0.29) is 0 Å². The van der Waals surface area contributed by atoms with E-state index in [0.717, 1.165) is 10.3 Å². The van der Waals surface area contributed by atoms with Crippen LogP contribution in [0.15, 0.2) is 120 Å². The number of thiophene rings is 1. The van der Waals surface area contributed by atoms with Gasteiger partial charge in [0, 0.05) is 21.2 Å². The van der Waals surface area contributed by atoms with Gasteiger partial charge in [-0.15, -0.1) is 11.3 Å². The largest absolute Gasteiger partial charge is 0.444 e. The van der Waals surface area contributed by atoms with E-state index in [0.29, 0.717) is 5.89 Å². The lowest BCUT2D eigenvalue weighted by molar-refractivity contribution is 0.576. The highest BCUT2D eigenvalue weighted by molar-refractivity contribution is 7.21. The second-order valence-corrected chi connectivity index (χ2v) is 8.62. The molecule has 0 saturated heterocycles. The van der Waals surface area contributed by atoms with Crippen LogP contribution in [-0.2, 0) is 0 Å². The number of nitrogens with zero attached hydrogens (tertiary/aromatic N) is 1. The summed E-state index contributed by atoms with van der Waals surface area (Å²) in [6.45, 7) is 0. The molecule has 0 aliphatic heterocycles. The molecular weight excluding hydrogens is 410 g/mol. The summed E-state index contributed by atoms with van der Waals surface area (Å²) < 4.78 is 5.71. The number of fused-ring (bicyclic) bond motifs is 1. The molecule has 2 heterocycles. The van der Waals surface area contributed by atoms with E-state index in [1.165, 1.54) is 38.1 Å². The van der Waals surface area contributed by atoms with Crippen LogP contribution in [0.1, 0.15) is 0 Å². The maximum absolute atomic E-state index is 5.71. The summed E-state index contributed by atoms with van der Waals surface area (Å²) in [6, 6.07) is 36.3. The average molecular weight is 430 g/mol. The standard InChI is InChI=1S/C29H19NOS/c1-3-10-20(11-4-1)22-16-9-17-23(21-12-5-2-6-13-21)26(22)27-24-14-7-8-15-25(24)28(32-27)29-30-18-19-31-29/h1-19H. The van der Waals surface area contributed by atoms with Crippen molar-refractivity contribution < 1.29 is 4.42 Å². The fourth-order valence-corrected chi connectivity index (χ4v) is 5.57. The van der Waals surface area contributed by atoms with Crippen LogP contribution in [0.3, 0.4) is 0 Å². The van der Waals surface area contributed by atoms with Crippen molar-refractivity contribution in [3.05, 3.63) is 116 Å². The number of aromatic nitrogens is 1. The molecule has 0 radical (unpaired) electrons. The summed E-state index contributed by atoms with van der Waals surface area (Å²) in [4.78, 5) is 6.74. The summed E-state index contributed by atoms with van der Waals surface area (Å²) in [7, 11) is 0. The van der Waals surface area contributed by atoms with Crippen molar-refractivity contribution in [2.24, 2.45) is 0 Å². The molecule has 2 aromatic heterocycles. The highest BCUT2D eigenvalue weighted by atomic mass is 32.1. The summed E-state index contributed by atoms with van der Waals surface area (Å²) in [5.74, 6) is 0.663. The Hall–Kier alpha value is -3.95. The topological polar surface area (TPSA) is 26.0 Å². The predicted molar refractivity (Wildman–Crippen MR) is 134 cm³/mol. The van der Waals surface area contributed by atoms with Crippen LogP contribution in [0.2, 0.25) is 0 Å². The molecule has 0 saturated carbocycles. The van der Waals surface area contributed by atoms with Crippen molar-refractivity contribution in [3.63, 3.8) is 0 Å². The summed E-state index contributed by atoms with van der Waals surface area (Å²) in [5.41, 5.74) is 6.09. The van der Waals surface area contributed by atoms with Crippen LogP contribution in [0.25, 0.3) is 54.2 Å². The molecule has 0 unspecified atom stereocenters. The van der Waals surface area contributed by atoms with Crippen LogP contribution in [0.4, 0.5) is 0 Å². The van der Waals surface area contributed by atoms with Crippen molar-refractivity contribution in [2.75, 3.05) is 0 Å². The maximum Gasteiger partial charge on any atom is 0.236 e. The molecule has 4 aromatic carbocycles. The number of oxazole rings is 1. The van der Waals surface area contributed by atoms with Crippen molar-refractivity contribution in [3.8, 4) is 43.5 Å². The first-order chi connectivity index (χ1) is 15.9. The van der Waals surface area contributed by atoms with Gasteiger partial charge in [-0.1, -0.05) is 103 Å². The van der Waals surface area contributed by atoms with E-state index >= 15 is 0 Å². The Labute approximate surface area is 190 Å². The first-order valence-electron chi connectivity index (χ1n) is 10.6. The predicted octanol–water partition coefficient (Wildman–Crippen LogP) is 8.56. The zero-order chi connectivity index (χ0) is 21.3. The molecule has 0 spiro atoms. The number of hydrogen-bond donors (Lipinski definition) is 0. The minimum absolute atomic E-state index is 0.663. The Morgan fingerprint density at radius 1 is 0.562 bits per heavy atom. The average Bonchev–Trinajstić information content (AvgIpc) is 3.53. The van der Waals surface area contributed by atoms with Gasteiger partial charge in [0.05, 0.1) is 11.1 Å². The number of rotatable bonds is 4. The third kappa shape index (κ3) is 3.15. The van der Waals surface area contributed by atoms with Crippen molar-refractivity contribution >= 4 is 22.1 Å². The molecule has 3 heteroatoms. The van der Waals surface area contributed by atoms with E-state index in [1.807, 2.05) is 0 Å². The smallest absolute Gasteiger partial charge is 0.236 e. The Balaban J connectivity index is 1.72. The van der Waals surface area contributed by atoms with Crippen LogP contribution in [-0.4, -0.2) is 4.98 Å². The summed E-state index contributed by atoms with van der Waals surface area (Å²) in [5, 5.41) is 2.38. The molecule has 0 fully saturated rings. The summed E-state index contributed by atoms with van der Waals surface area (Å²) in [6.07, 6.45) is 3.34. The number of hydrogen-bond acceptors (Lipinski definition) is 3. The lowest BCUT2D eigenvalue weighted by Gasteiger charge is -2.15. The van der Waals surface area contributed by atoms with Gasteiger partial charge in [-0.05, 0) is 22.3 Å². The van der Waals surface area contributed by atoms with E-state index in [2.05, 4.69) is 108 Å². The van der Waals surface area contributed by atoms with Gasteiger partial charge in [-0.2, -0.15) is 0 Å². The van der Waals surface area contributed by atoms with E-state index in [9.17, 15) is 0 Å². The molecule has 0 aliphatic rings. The number of benzene rings is 4. The molecular formula is C29H19NOS. The van der Waals surface area contributed by atoms with Gasteiger partial charge < -0.3 is 4.42 Å².